The van der Waals surface area contributed by atoms with Crippen molar-refractivity contribution in [3.05, 3.63) is 138 Å². The molecule has 0 aliphatic rings. The third-order valence-electron chi connectivity index (χ3n) is 6.95. The summed E-state index contributed by atoms with van der Waals surface area (Å²) in [5, 5.41) is 13.3. The van der Waals surface area contributed by atoms with Crippen molar-refractivity contribution in [3.63, 3.8) is 0 Å². The van der Waals surface area contributed by atoms with E-state index in [0.717, 1.165) is 29.7 Å². The van der Waals surface area contributed by atoms with Crippen LogP contribution in [0.25, 0.3) is 22.0 Å². The first-order valence-corrected chi connectivity index (χ1v) is 13.0. The second kappa shape index (κ2) is 11.7. The zero-order valence-corrected chi connectivity index (χ0v) is 21.8. The van der Waals surface area contributed by atoms with E-state index < -0.39 is 11.8 Å². The van der Waals surface area contributed by atoms with Crippen LogP contribution < -0.4 is 5.32 Å². The van der Waals surface area contributed by atoms with Crippen molar-refractivity contribution in [2.75, 3.05) is 11.9 Å². The van der Waals surface area contributed by atoms with Crippen LogP contribution in [0.3, 0.4) is 0 Å². The zero-order chi connectivity index (χ0) is 27.2. The number of rotatable bonds is 10. The van der Waals surface area contributed by atoms with Gasteiger partial charge in [-0.15, -0.1) is 0 Å². The molecular weight excluding hydrogens is 484 g/mol. The van der Waals surface area contributed by atoms with Gasteiger partial charge in [-0.2, -0.15) is 0 Å². The van der Waals surface area contributed by atoms with E-state index in [1.54, 1.807) is 12.3 Å². The molecule has 39 heavy (non-hydrogen) atoms. The number of benzene rings is 4. The maximum atomic E-state index is 12.1. The largest absolute Gasteiger partial charge is 0.475 e. The SMILES string of the molecule is CC(=C(c1ccccc1)c1ccc(NCCCn2cc(C(=O)C(=O)O)c3ccccc32)cc1)c1ccccc1. The molecule has 5 nitrogen and oxygen atoms in total. The molecule has 0 aliphatic carbocycles. The van der Waals surface area contributed by atoms with Gasteiger partial charge in [-0.25, -0.2) is 4.79 Å². The van der Waals surface area contributed by atoms with Gasteiger partial charge in [0, 0.05) is 35.9 Å². The number of aryl methyl sites for hydroxylation is 1. The minimum Gasteiger partial charge on any atom is -0.475 e. The van der Waals surface area contributed by atoms with E-state index in [9.17, 15) is 14.7 Å². The van der Waals surface area contributed by atoms with E-state index in [-0.39, 0.29) is 5.56 Å². The van der Waals surface area contributed by atoms with Crippen molar-refractivity contribution >= 4 is 39.5 Å². The maximum absolute atomic E-state index is 12.1. The first kappa shape index (κ1) is 25.7. The Balaban J connectivity index is 1.29. The van der Waals surface area contributed by atoms with Gasteiger partial charge in [-0.1, -0.05) is 91.0 Å². The number of para-hydroxylation sites is 1. The lowest BCUT2D eigenvalue weighted by atomic mass is 9.90. The van der Waals surface area contributed by atoms with Crippen LogP contribution >= 0.6 is 0 Å². The summed E-state index contributed by atoms with van der Waals surface area (Å²) < 4.78 is 1.96. The number of hydrogen-bond acceptors (Lipinski definition) is 3. The number of anilines is 1. The summed E-state index contributed by atoms with van der Waals surface area (Å²) in [5.41, 5.74) is 8.09. The van der Waals surface area contributed by atoms with E-state index in [1.807, 2.05) is 34.9 Å². The Kier molecular flexibility index (Phi) is 7.69. The topological polar surface area (TPSA) is 71.3 Å². The minimum absolute atomic E-state index is 0.231. The Morgan fingerprint density at radius 2 is 1.33 bits per heavy atom. The molecule has 2 N–H and O–H groups in total. The van der Waals surface area contributed by atoms with Crippen molar-refractivity contribution in [2.24, 2.45) is 0 Å². The summed E-state index contributed by atoms with van der Waals surface area (Å²) in [6.45, 7) is 3.57. The molecule has 0 saturated carbocycles. The lowest BCUT2D eigenvalue weighted by Gasteiger charge is -2.15. The van der Waals surface area contributed by atoms with Crippen LogP contribution in [0, 0.1) is 0 Å². The summed E-state index contributed by atoms with van der Waals surface area (Å²) >= 11 is 0. The Morgan fingerprint density at radius 3 is 2.00 bits per heavy atom. The zero-order valence-electron chi connectivity index (χ0n) is 21.8. The fourth-order valence-corrected chi connectivity index (χ4v) is 5.00. The molecule has 0 fully saturated rings. The molecule has 0 unspecified atom stereocenters. The van der Waals surface area contributed by atoms with Crippen molar-refractivity contribution in [1.29, 1.82) is 0 Å². The van der Waals surface area contributed by atoms with Gasteiger partial charge >= 0.3 is 5.97 Å². The fourth-order valence-electron chi connectivity index (χ4n) is 5.00. The number of carboxylic acid groups (broad SMARTS) is 1. The van der Waals surface area contributed by atoms with Gasteiger partial charge in [0.15, 0.2) is 0 Å². The minimum atomic E-state index is -1.44. The van der Waals surface area contributed by atoms with Crippen LogP contribution in [0.1, 0.15) is 40.4 Å². The average molecular weight is 515 g/mol. The molecule has 0 aliphatic heterocycles. The molecule has 194 valence electrons. The fraction of sp³-hybridized carbons (Fsp3) is 0.118. The van der Waals surface area contributed by atoms with Crippen LogP contribution in [-0.2, 0) is 11.3 Å². The standard InChI is InChI=1S/C34H30N2O3/c1-24(25-11-4-2-5-12-25)32(26-13-6-3-7-14-26)27-17-19-28(20-18-27)35-21-10-22-36-23-30(33(37)34(38)39)29-15-8-9-16-31(29)36/h2-9,11-20,23,35H,10,21-22H2,1H3,(H,38,39). The van der Waals surface area contributed by atoms with Crippen molar-refractivity contribution < 1.29 is 14.7 Å². The number of allylic oxidation sites excluding steroid dienone is 1. The van der Waals surface area contributed by atoms with E-state index in [2.05, 4.69) is 85.0 Å². The number of hydrogen-bond donors (Lipinski definition) is 2. The van der Waals surface area contributed by atoms with Crippen molar-refractivity contribution in [3.8, 4) is 0 Å². The summed E-state index contributed by atoms with van der Waals surface area (Å²) in [5.74, 6) is -2.32. The quantitative estimate of drug-likeness (QED) is 0.0882. The van der Waals surface area contributed by atoms with Crippen LogP contribution in [0.2, 0.25) is 0 Å². The second-order valence-corrected chi connectivity index (χ2v) is 9.48. The molecule has 0 saturated heterocycles. The van der Waals surface area contributed by atoms with Gasteiger partial charge in [0.25, 0.3) is 5.78 Å². The Bertz CT molecular complexity index is 1630. The smallest absolute Gasteiger partial charge is 0.377 e. The van der Waals surface area contributed by atoms with Crippen LogP contribution in [0.5, 0.6) is 0 Å². The summed E-state index contributed by atoms with van der Waals surface area (Å²) in [6, 6.07) is 36.8. The van der Waals surface area contributed by atoms with Gasteiger partial charge < -0.3 is 15.0 Å². The molecule has 5 rings (SSSR count). The molecule has 0 spiro atoms. The van der Waals surface area contributed by atoms with Gasteiger partial charge in [-0.3, -0.25) is 4.79 Å². The van der Waals surface area contributed by atoms with E-state index in [0.29, 0.717) is 11.9 Å². The number of carboxylic acids is 1. The molecule has 0 atom stereocenters. The van der Waals surface area contributed by atoms with E-state index in [4.69, 9.17) is 0 Å². The van der Waals surface area contributed by atoms with Gasteiger partial charge in [-0.05, 0) is 59.4 Å². The predicted octanol–water partition coefficient (Wildman–Crippen LogP) is 7.39. The molecule has 5 heteroatoms. The van der Waals surface area contributed by atoms with Gasteiger partial charge in [0.05, 0.1) is 5.56 Å². The number of nitrogens with one attached hydrogen (secondary N) is 1. The molecule has 5 aromatic rings. The molecule has 0 amide bonds. The predicted molar refractivity (Wildman–Crippen MR) is 158 cm³/mol. The molecule has 4 aromatic carbocycles. The Morgan fingerprint density at radius 1 is 0.744 bits per heavy atom. The normalized spacial score (nSPS) is 11.7. The third kappa shape index (κ3) is 5.68. The molecule has 0 bridgehead atoms. The highest BCUT2D eigenvalue weighted by molar-refractivity contribution is 6.42. The Labute approximate surface area is 228 Å². The summed E-state index contributed by atoms with van der Waals surface area (Å²) in [6.07, 6.45) is 2.46. The van der Waals surface area contributed by atoms with Gasteiger partial charge in [0.2, 0.25) is 0 Å². The number of carbonyl (C=O) groups is 2. The number of aliphatic carboxylic acids is 1. The third-order valence-corrected chi connectivity index (χ3v) is 6.95. The monoisotopic (exact) mass is 514 g/mol. The number of ketones is 1. The summed E-state index contributed by atoms with van der Waals surface area (Å²) in [7, 11) is 0. The maximum Gasteiger partial charge on any atom is 0.377 e. The molecule has 1 heterocycles. The first-order valence-electron chi connectivity index (χ1n) is 13.0. The number of carbonyl (C=O) groups excluding carboxylic acids is 1. The number of fused-ring (bicyclic) bond motifs is 1. The van der Waals surface area contributed by atoms with E-state index in [1.165, 1.54) is 22.3 Å². The average Bonchev–Trinajstić information content (AvgIpc) is 3.35. The van der Waals surface area contributed by atoms with Crippen LogP contribution in [0.15, 0.2) is 115 Å². The van der Waals surface area contributed by atoms with Crippen molar-refractivity contribution in [1.82, 2.24) is 4.57 Å². The number of aromatic nitrogens is 1. The molecule has 0 radical (unpaired) electrons. The van der Waals surface area contributed by atoms with Crippen LogP contribution in [-0.4, -0.2) is 28.0 Å². The highest BCUT2D eigenvalue weighted by atomic mass is 16.4. The first-order chi connectivity index (χ1) is 19.0. The highest BCUT2D eigenvalue weighted by Crippen LogP contribution is 2.32. The number of nitrogens with zero attached hydrogens (tertiary/aromatic N) is 1. The van der Waals surface area contributed by atoms with E-state index >= 15 is 0 Å². The van der Waals surface area contributed by atoms with Crippen molar-refractivity contribution in [2.45, 2.75) is 19.9 Å². The second-order valence-electron chi connectivity index (χ2n) is 9.48. The Hall–Kier alpha value is -4.90. The van der Waals surface area contributed by atoms with Gasteiger partial charge in [0.1, 0.15) is 0 Å². The lowest BCUT2D eigenvalue weighted by molar-refractivity contribution is -0.131. The van der Waals surface area contributed by atoms with Crippen LogP contribution in [0.4, 0.5) is 5.69 Å². The lowest BCUT2D eigenvalue weighted by Crippen LogP contribution is -2.12. The highest BCUT2D eigenvalue weighted by Gasteiger charge is 2.20. The molecular formula is C34H30N2O3. The number of Topliss-reactive ketones (excluding diaryl/α,β-unsaturated/α-hetero) is 1. The summed E-state index contributed by atoms with van der Waals surface area (Å²) in [4.78, 5) is 23.4. The molecule has 1 aromatic heterocycles.